The molecule has 26 heavy (non-hydrogen) atoms. The van der Waals surface area contributed by atoms with Gasteiger partial charge in [0.05, 0.1) is 12.0 Å². The van der Waals surface area contributed by atoms with Crippen LogP contribution in [0.15, 0.2) is 54.6 Å². The molecule has 7 heteroatoms. The highest BCUT2D eigenvalue weighted by molar-refractivity contribution is 5.91. The molecule has 1 atom stereocenters. The molecule has 2 aromatic carbocycles. The number of ether oxygens (including phenoxy) is 2. The normalized spacial score (nSPS) is 11.9. The molecule has 0 aliphatic rings. The fourth-order valence-corrected chi connectivity index (χ4v) is 2.38. The van der Waals surface area contributed by atoms with E-state index in [1.54, 1.807) is 32.4 Å². The van der Waals surface area contributed by atoms with E-state index in [4.69, 9.17) is 9.47 Å². The fourth-order valence-electron chi connectivity index (χ4n) is 2.38. The Balaban J connectivity index is 1.95. The van der Waals surface area contributed by atoms with Crippen LogP contribution in [0.2, 0.25) is 0 Å². The van der Waals surface area contributed by atoms with Gasteiger partial charge >= 0.3 is 0 Å². The highest BCUT2D eigenvalue weighted by atomic mass is 16.6. The fraction of sp³-hybridized carbons (Fsp3) is 0.211. The molecule has 0 fully saturated rings. The van der Waals surface area contributed by atoms with Crippen LogP contribution >= 0.6 is 0 Å². The lowest BCUT2D eigenvalue weighted by Crippen LogP contribution is -2.27. The molecule has 136 valence electrons. The minimum absolute atomic E-state index is 0.00588. The van der Waals surface area contributed by atoms with Crippen molar-refractivity contribution < 1.29 is 19.2 Å². The maximum Gasteiger partial charge on any atom is 0.269 e. The van der Waals surface area contributed by atoms with Crippen molar-refractivity contribution in [3.8, 4) is 5.75 Å². The summed E-state index contributed by atoms with van der Waals surface area (Å²) in [5.74, 6) is 0.398. The van der Waals surface area contributed by atoms with E-state index in [1.807, 2.05) is 24.3 Å². The molecular weight excluding hydrogens is 336 g/mol. The smallest absolute Gasteiger partial charge is 0.269 e. The maximum atomic E-state index is 12.0. The highest BCUT2D eigenvalue weighted by Gasteiger charge is 2.15. The lowest BCUT2D eigenvalue weighted by atomic mass is 10.1. The van der Waals surface area contributed by atoms with Crippen LogP contribution < -0.4 is 10.1 Å². The summed E-state index contributed by atoms with van der Waals surface area (Å²) in [6.45, 7) is 0.278. The summed E-state index contributed by atoms with van der Waals surface area (Å²) < 4.78 is 10.8. The van der Waals surface area contributed by atoms with Gasteiger partial charge in [-0.15, -0.1) is 0 Å². The number of amides is 1. The predicted molar refractivity (Wildman–Crippen MR) is 97.9 cm³/mol. The summed E-state index contributed by atoms with van der Waals surface area (Å²) in [5, 5.41) is 13.4. The Morgan fingerprint density at radius 2 is 1.88 bits per heavy atom. The highest BCUT2D eigenvalue weighted by Crippen LogP contribution is 2.26. The van der Waals surface area contributed by atoms with Gasteiger partial charge in [-0.1, -0.05) is 18.2 Å². The van der Waals surface area contributed by atoms with E-state index in [-0.39, 0.29) is 24.2 Å². The van der Waals surface area contributed by atoms with Crippen molar-refractivity contribution in [3.05, 3.63) is 75.8 Å². The van der Waals surface area contributed by atoms with Crippen molar-refractivity contribution in [2.24, 2.45) is 0 Å². The van der Waals surface area contributed by atoms with E-state index < -0.39 is 4.92 Å². The van der Waals surface area contributed by atoms with Crippen LogP contribution in [0.25, 0.3) is 6.08 Å². The van der Waals surface area contributed by atoms with Gasteiger partial charge in [-0.25, -0.2) is 0 Å². The van der Waals surface area contributed by atoms with Crippen LogP contribution in [0.5, 0.6) is 5.75 Å². The zero-order valence-corrected chi connectivity index (χ0v) is 14.5. The number of benzene rings is 2. The van der Waals surface area contributed by atoms with Gasteiger partial charge in [-0.3, -0.25) is 14.9 Å². The van der Waals surface area contributed by atoms with E-state index in [0.29, 0.717) is 11.3 Å². The molecule has 2 rings (SSSR count). The Morgan fingerprint density at radius 3 is 2.50 bits per heavy atom. The van der Waals surface area contributed by atoms with Crippen molar-refractivity contribution in [2.75, 3.05) is 20.8 Å². The zero-order valence-electron chi connectivity index (χ0n) is 14.5. The van der Waals surface area contributed by atoms with Crippen molar-refractivity contribution in [3.63, 3.8) is 0 Å². The average Bonchev–Trinajstić information content (AvgIpc) is 2.67. The van der Waals surface area contributed by atoms with Gasteiger partial charge in [0.25, 0.3) is 5.69 Å². The van der Waals surface area contributed by atoms with E-state index in [0.717, 1.165) is 5.56 Å². The Morgan fingerprint density at radius 1 is 1.19 bits per heavy atom. The molecule has 1 unspecified atom stereocenters. The van der Waals surface area contributed by atoms with Gasteiger partial charge < -0.3 is 14.8 Å². The number of nitro benzene ring substituents is 1. The summed E-state index contributed by atoms with van der Waals surface area (Å²) in [6, 6.07) is 13.4. The van der Waals surface area contributed by atoms with Crippen LogP contribution in [0.1, 0.15) is 17.2 Å². The lowest BCUT2D eigenvalue weighted by molar-refractivity contribution is -0.384. The summed E-state index contributed by atoms with van der Waals surface area (Å²) >= 11 is 0. The molecule has 0 heterocycles. The minimum Gasteiger partial charge on any atom is -0.496 e. The quantitative estimate of drug-likeness (QED) is 0.446. The molecule has 0 aromatic heterocycles. The summed E-state index contributed by atoms with van der Waals surface area (Å²) in [4.78, 5) is 22.2. The van der Waals surface area contributed by atoms with Gasteiger partial charge in [-0.2, -0.15) is 0 Å². The van der Waals surface area contributed by atoms with Crippen LogP contribution in [-0.4, -0.2) is 31.6 Å². The summed E-state index contributed by atoms with van der Waals surface area (Å²) in [5.41, 5.74) is 1.54. The number of hydrogen-bond donors (Lipinski definition) is 1. The molecule has 0 saturated heterocycles. The summed E-state index contributed by atoms with van der Waals surface area (Å²) in [6.07, 6.45) is 2.61. The van der Waals surface area contributed by atoms with Gasteiger partial charge in [-0.05, 0) is 29.8 Å². The largest absolute Gasteiger partial charge is 0.496 e. The molecule has 0 bridgehead atoms. The van der Waals surface area contributed by atoms with Crippen molar-refractivity contribution in [1.82, 2.24) is 5.32 Å². The number of hydrogen-bond acceptors (Lipinski definition) is 5. The second-order valence-electron chi connectivity index (χ2n) is 5.39. The molecular formula is C19H20N2O5. The number of methoxy groups -OCH3 is 2. The first-order valence-corrected chi connectivity index (χ1v) is 7.91. The van der Waals surface area contributed by atoms with Crippen LogP contribution in [0, 0.1) is 10.1 Å². The number of nitro groups is 1. The van der Waals surface area contributed by atoms with E-state index >= 15 is 0 Å². The first-order chi connectivity index (χ1) is 12.5. The number of carbonyl (C=O) groups is 1. The van der Waals surface area contributed by atoms with Gasteiger partial charge in [0.1, 0.15) is 11.9 Å². The number of nitrogens with one attached hydrogen (secondary N) is 1. The third-order valence-electron chi connectivity index (χ3n) is 3.76. The molecule has 0 aliphatic carbocycles. The molecule has 2 aromatic rings. The van der Waals surface area contributed by atoms with E-state index in [9.17, 15) is 14.9 Å². The van der Waals surface area contributed by atoms with Gasteiger partial charge in [0, 0.05) is 37.4 Å². The predicted octanol–water partition coefficient (Wildman–Crippen LogP) is 3.12. The molecule has 0 aliphatic heterocycles. The SMILES string of the molecule is COc1ccccc1C(CNC(=O)/C=C/c1ccc([N+](=O)[O-])cc1)OC. The van der Waals surface area contributed by atoms with Gasteiger partial charge in [0.2, 0.25) is 5.91 Å². The molecule has 1 N–H and O–H groups in total. The molecule has 0 saturated carbocycles. The monoisotopic (exact) mass is 356 g/mol. The number of carbonyl (C=O) groups excluding carboxylic acids is 1. The number of para-hydroxylation sites is 1. The Bertz CT molecular complexity index is 787. The Kier molecular flexibility index (Phi) is 6.87. The van der Waals surface area contributed by atoms with E-state index in [2.05, 4.69) is 5.32 Å². The molecule has 0 spiro atoms. The van der Waals surface area contributed by atoms with E-state index in [1.165, 1.54) is 18.2 Å². The van der Waals surface area contributed by atoms with Crippen molar-refractivity contribution in [1.29, 1.82) is 0 Å². The molecule has 1 amide bonds. The second kappa shape index (κ2) is 9.33. The van der Waals surface area contributed by atoms with Crippen LogP contribution in [0.3, 0.4) is 0 Å². The first kappa shape index (κ1) is 19.1. The van der Waals surface area contributed by atoms with Crippen molar-refractivity contribution in [2.45, 2.75) is 6.10 Å². The summed E-state index contributed by atoms with van der Waals surface area (Å²) in [7, 11) is 3.15. The number of nitrogens with zero attached hydrogens (tertiary/aromatic N) is 1. The number of rotatable bonds is 8. The van der Waals surface area contributed by atoms with Gasteiger partial charge in [0.15, 0.2) is 0 Å². The number of non-ortho nitro benzene ring substituents is 1. The zero-order chi connectivity index (χ0) is 18.9. The second-order valence-corrected chi connectivity index (χ2v) is 5.39. The lowest BCUT2D eigenvalue weighted by Gasteiger charge is -2.18. The Labute approximate surface area is 151 Å². The molecule has 0 radical (unpaired) electrons. The topological polar surface area (TPSA) is 90.7 Å². The maximum absolute atomic E-state index is 12.0. The average molecular weight is 356 g/mol. The Hall–Kier alpha value is -3.19. The van der Waals surface area contributed by atoms with Crippen molar-refractivity contribution >= 4 is 17.7 Å². The molecule has 7 nitrogen and oxygen atoms in total. The first-order valence-electron chi connectivity index (χ1n) is 7.91. The third kappa shape index (κ3) is 5.15. The third-order valence-corrected chi connectivity index (χ3v) is 3.76. The van der Waals surface area contributed by atoms with Crippen LogP contribution in [-0.2, 0) is 9.53 Å². The van der Waals surface area contributed by atoms with Crippen LogP contribution in [0.4, 0.5) is 5.69 Å². The minimum atomic E-state index is -0.469. The standard InChI is InChI=1S/C19H20N2O5/c1-25-17-6-4-3-5-16(17)18(26-2)13-20-19(22)12-9-14-7-10-15(11-8-14)21(23)24/h3-12,18H,13H2,1-2H3,(H,20,22)/b12-9+.